The van der Waals surface area contributed by atoms with Crippen molar-refractivity contribution in [3.63, 3.8) is 0 Å². The van der Waals surface area contributed by atoms with Crippen molar-refractivity contribution in [3.05, 3.63) is 29.3 Å². The quantitative estimate of drug-likeness (QED) is 0.594. The Morgan fingerprint density at radius 1 is 1.50 bits per heavy atom. The standard InChI is InChI=1S/C13H15NO4/c1-8(15)11-4-9(5-13(14)16)2-3-12(11)18-7-10-6-17-10/h2-4,10H,5-7H2,1H3,(H2,14,16). The lowest BCUT2D eigenvalue weighted by Gasteiger charge is -2.10. The molecule has 1 amide bonds. The Bertz CT molecular complexity index is 480. The molecule has 1 saturated heterocycles. The number of amides is 1. The number of benzene rings is 1. The molecule has 0 radical (unpaired) electrons. The van der Waals surface area contributed by atoms with Crippen LogP contribution in [0.2, 0.25) is 0 Å². The van der Waals surface area contributed by atoms with Crippen molar-refractivity contribution in [2.24, 2.45) is 5.73 Å². The third kappa shape index (κ3) is 3.30. The van der Waals surface area contributed by atoms with Gasteiger partial charge in [0.1, 0.15) is 18.5 Å². The topological polar surface area (TPSA) is 81.9 Å². The van der Waals surface area contributed by atoms with Gasteiger partial charge in [-0.25, -0.2) is 0 Å². The van der Waals surface area contributed by atoms with Crippen molar-refractivity contribution >= 4 is 11.7 Å². The lowest BCUT2D eigenvalue weighted by molar-refractivity contribution is -0.117. The van der Waals surface area contributed by atoms with Crippen molar-refractivity contribution in [2.45, 2.75) is 19.4 Å². The molecule has 0 aliphatic carbocycles. The molecule has 1 fully saturated rings. The summed E-state index contributed by atoms with van der Waals surface area (Å²) in [5.41, 5.74) is 6.30. The Hall–Kier alpha value is -1.88. The minimum atomic E-state index is -0.426. The van der Waals surface area contributed by atoms with Crippen LogP contribution in [0.3, 0.4) is 0 Å². The fraction of sp³-hybridized carbons (Fsp3) is 0.385. The van der Waals surface area contributed by atoms with E-state index in [9.17, 15) is 9.59 Å². The SMILES string of the molecule is CC(=O)c1cc(CC(N)=O)ccc1OCC1CO1. The van der Waals surface area contributed by atoms with Crippen LogP contribution >= 0.6 is 0 Å². The number of ether oxygens (including phenoxy) is 2. The van der Waals surface area contributed by atoms with Gasteiger partial charge in [-0.05, 0) is 24.6 Å². The van der Waals surface area contributed by atoms with E-state index in [4.69, 9.17) is 15.2 Å². The molecular formula is C13H15NO4. The van der Waals surface area contributed by atoms with Gasteiger partial charge in [-0.3, -0.25) is 9.59 Å². The van der Waals surface area contributed by atoms with Crippen LogP contribution in [0.4, 0.5) is 0 Å². The minimum Gasteiger partial charge on any atom is -0.490 e. The molecule has 18 heavy (non-hydrogen) atoms. The van der Waals surface area contributed by atoms with Gasteiger partial charge in [0.05, 0.1) is 18.6 Å². The van der Waals surface area contributed by atoms with E-state index in [1.54, 1.807) is 18.2 Å². The van der Waals surface area contributed by atoms with E-state index in [0.717, 1.165) is 0 Å². The van der Waals surface area contributed by atoms with Gasteiger partial charge in [0.15, 0.2) is 5.78 Å². The first-order valence-corrected chi connectivity index (χ1v) is 5.73. The molecule has 0 spiro atoms. The summed E-state index contributed by atoms with van der Waals surface area (Å²) in [6.07, 6.45) is 0.252. The maximum absolute atomic E-state index is 11.5. The second kappa shape index (κ2) is 5.18. The normalized spacial score (nSPS) is 17.3. The molecule has 0 saturated carbocycles. The first-order chi connectivity index (χ1) is 8.56. The highest BCUT2D eigenvalue weighted by atomic mass is 16.6. The summed E-state index contributed by atoms with van der Waals surface area (Å²) in [4.78, 5) is 22.4. The van der Waals surface area contributed by atoms with Gasteiger partial charge < -0.3 is 15.2 Å². The monoisotopic (exact) mass is 249 g/mol. The molecule has 1 atom stereocenters. The van der Waals surface area contributed by atoms with E-state index < -0.39 is 5.91 Å². The van der Waals surface area contributed by atoms with Gasteiger partial charge in [0.2, 0.25) is 5.91 Å². The van der Waals surface area contributed by atoms with Crippen LogP contribution in [0.5, 0.6) is 5.75 Å². The van der Waals surface area contributed by atoms with Gasteiger partial charge in [0.25, 0.3) is 0 Å². The zero-order valence-corrected chi connectivity index (χ0v) is 10.1. The number of hydrogen-bond acceptors (Lipinski definition) is 4. The molecule has 96 valence electrons. The van der Waals surface area contributed by atoms with Gasteiger partial charge in [0, 0.05) is 0 Å². The number of primary amides is 1. The van der Waals surface area contributed by atoms with Gasteiger partial charge in [-0.1, -0.05) is 6.07 Å². The highest BCUT2D eigenvalue weighted by Gasteiger charge is 2.24. The van der Waals surface area contributed by atoms with E-state index in [1.165, 1.54) is 6.92 Å². The minimum absolute atomic E-state index is 0.104. The second-order valence-electron chi connectivity index (χ2n) is 4.30. The largest absolute Gasteiger partial charge is 0.490 e. The van der Waals surface area contributed by atoms with Crippen molar-refractivity contribution in [1.29, 1.82) is 0 Å². The smallest absolute Gasteiger partial charge is 0.221 e. The maximum Gasteiger partial charge on any atom is 0.221 e. The molecular weight excluding hydrogens is 234 g/mol. The van der Waals surface area contributed by atoms with E-state index in [2.05, 4.69) is 0 Å². The lowest BCUT2D eigenvalue weighted by Crippen LogP contribution is -2.14. The zero-order valence-electron chi connectivity index (χ0n) is 10.1. The number of nitrogens with two attached hydrogens (primary N) is 1. The number of Topliss-reactive ketones (excluding diaryl/α,β-unsaturated/α-hetero) is 1. The molecule has 1 aliphatic rings. The Balaban J connectivity index is 2.16. The molecule has 1 aromatic rings. The molecule has 5 nitrogen and oxygen atoms in total. The summed E-state index contributed by atoms with van der Waals surface area (Å²) in [5.74, 6) is -0.0104. The van der Waals surface area contributed by atoms with E-state index >= 15 is 0 Å². The van der Waals surface area contributed by atoms with Crippen LogP contribution in [-0.4, -0.2) is 31.0 Å². The fourth-order valence-electron chi connectivity index (χ4n) is 1.64. The first kappa shape index (κ1) is 12.6. The van der Waals surface area contributed by atoms with Crippen LogP contribution in [0.15, 0.2) is 18.2 Å². The number of carbonyl (C=O) groups excluding carboxylic acids is 2. The molecule has 1 aromatic carbocycles. The lowest BCUT2D eigenvalue weighted by atomic mass is 10.0. The predicted octanol–water partition coefficient (Wildman–Crippen LogP) is 0.695. The predicted molar refractivity (Wildman–Crippen MR) is 64.6 cm³/mol. The number of rotatable bonds is 6. The van der Waals surface area contributed by atoms with E-state index in [-0.39, 0.29) is 18.3 Å². The van der Waals surface area contributed by atoms with Crippen molar-refractivity contribution in [2.75, 3.05) is 13.2 Å². The Morgan fingerprint density at radius 2 is 2.22 bits per heavy atom. The van der Waals surface area contributed by atoms with Crippen LogP contribution in [0.25, 0.3) is 0 Å². The summed E-state index contributed by atoms with van der Waals surface area (Å²) in [7, 11) is 0. The molecule has 5 heteroatoms. The Morgan fingerprint density at radius 3 is 2.78 bits per heavy atom. The Labute approximate surface area is 105 Å². The highest BCUT2D eigenvalue weighted by molar-refractivity contribution is 5.97. The summed E-state index contributed by atoms with van der Waals surface area (Å²) >= 11 is 0. The molecule has 1 aliphatic heterocycles. The van der Waals surface area contributed by atoms with Crippen molar-refractivity contribution < 1.29 is 19.1 Å². The molecule has 1 heterocycles. The summed E-state index contributed by atoms with van der Waals surface area (Å²) < 4.78 is 10.6. The van der Waals surface area contributed by atoms with Crippen molar-refractivity contribution in [1.82, 2.24) is 0 Å². The molecule has 2 rings (SSSR count). The van der Waals surface area contributed by atoms with Gasteiger partial charge in [-0.2, -0.15) is 0 Å². The molecule has 2 N–H and O–H groups in total. The fourth-order valence-corrected chi connectivity index (χ4v) is 1.64. The first-order valence-electron chi connectivity index (χ1n) is 5.73. The van der Waals surface area contributed by atoms with Crippen LogP contribution in [0.1, 0.15) is 22.8 Å². The molecule has 0 bridgehead atoms. The zero-order chi connectivity index (χ0) is 13.1. The number of hydrogen-bond donors (Lipinski definition) is 1. The van der Waals surface area contributed by atoms with E-state index in [1.807, 2.05) is 0 Å². The maximum atomic E-state index is 11.5. The third-order valence-electron chi connectivity index (χ3n) is 2.63. The summed E-state index contributed by atoms with van der Waals surface area (Å²) in [6, 6.07) is 5.08. The number of epoxide rings is 1. The summed E-state index contributed by atoms with van der Waals surface area (Å²) in [5, 5.41) is 0. The van der Waals surface area contributed by atoms with Gasteiger partial charge >= 0.3 is 0 Å². The summed E-state index contributed by atoms with van der Waals surface area (Å²) in [6.45, 7) is 2.61. The van der Waals surface area contributed by atoms with Crippen LogP contribution < -0.4 is 10.5 Å². The van der Waals surface area contributed by atoms with Crippen molar-refractivity contribution in [3.8, 4) is 5.75 Å². The average Bonchev–Trinajstić information content (AvgIpc) is 3.10. The number of carbonyl (C=O) groups is 2. The van der Waals surface area contributed by atoms with Gasteiger partial charge in [-0.15, -0.1) is 0 Å². The van der Waals surface area contributed by atoms with Crippen LogP contribution in [0, 0.1) is 0 Å². The highest BCUT2D eigenvalue weighted by Crippen LogP contribution is 2.22. The van der Waals surface area contributed by atoms with Crippen LogP contribution in [-0.2, 0) is 16.0 Å². The second-order valence-corrected chi connectivity index (χ2v) is 4.30. The molecule has 0 aromatic heterocycles. The number of ketones is 1. The Kier molecular flexibility index (Phi) is 3.62. The third-order valence-corrected chi connectivity index (χ3v) is 2.63. The molecule has 1 unspecified atom stereocenters. The van der Waals surface area contributed by atoms with E-state index in [0.29, 0.717) is 30.1 Å². The average molecular weight is 249 g/mol.